The maximum absolute atomic E-state index is 2.48. The number of hydrogen-bond donors (Lipinski definition) is 0. The van der Waals surface area contributed by atoms with E-state index in [-0.39, 0.29) is 0 Å². The predicted octanol–water partition coefficient (Wildman–Crippen LogP) is 4.58. The quantitative estimate of drug-likeness (QED) is 0.667. The fourth-order valence-electron chi connectivity index (χ4n) is 6.65. The minimum atomic E-state index is 0.757. The van der Waals surface area contributed by atoms with Crippen molar-refractivity contribution in [2.75, 3.05) is 13.1 Å². The van der Waals surface area contributed by atoms with Gasteiger partial charge in [0.1, 0.15) is 25.2 Å². The Bertz CT molecular complexity index is 318. The molecule has 0 aromatic carbocycles. The summed E-state index contributed by atoms with van der Waals surface area (Å²) < 4.78 is 2.76. The molecule has 0 radical (unpaired) electrons. The van der Waals surface area contributed by atoms with Crippen molar-refractivity contribution < 1.29 is 8.97 Å². The molecule has 1 aliphatic carbocycles. The molecule has 2 aliphatic rings. The van der Waals surface area contributed by atoms with E-state index >= 15 is 0 Å². The fraction of sp³-hybridized carbons (Fsp3) is 1.00. The standard InChI is InChI=1S/C20H42N2/c1-15(2)21(16(3)4)13-14-22(17(5)6,18(7)8)20-12-10-9-11-19(20)21/h15-20H,9-14H2,1-8H3/q+2/t19-,20+. The van der Waals surface area contributed by atoms with Gasteiger partial charge in [0.15, 0.2) is 0 Å². The Hall–Kier alpha value is -0.0800. The van der Waals surface area contributed by atoms with E-state index in [0.29, 0.717) is 0 Å². The van der Waals surface area contributed by atoms with Crippen LogP contribution in [0, 0.1) is 0 Å². The molecule has 2 atom stereocenters. The van der Waals surface area contributed by atoms with E-state index in [1.54, 1.807) is 0 Å². The summed E-state index contributed by atoms with van der Waals surface area (Å²) in [6, 6.07) is 4.79. The molecule has 2 rings (SSSR count). The van der Waals surface area contributed by atoms with Crippen molar-refractivity contribution in [3.63, 3.8) is 0 Å². The topological polar surface area (TPSA) is 0 Å². The first-order chi connectivity index (χ1) is 10.2. The molecule has 0 bridgehead atoms. The van der Waals surface area contributed by atoms with Crippen LogP contribution in [0.15, 0.2) is 0 Å². The van der Waals surface area contributed by atoms with Gasteiger partial charge >= 0.3 is 0 Å². The summed E-state index contributed by atoms with van der Waals surface area (Å²) in [5.74, 6) is 0. The first-order valence-corrected chi connectivity index (χ1v) is 9.95. The summed E-state index contributed by atoms with van der Waals surface area (Å²) in [5, 5.41) is 0. The first kappa shape index (κ1) is 18.3. The third kappa shape index (κ3) is 2.45. The van der Waals surface area contributed by atoms with Gasteiger partial charge in [0, 0.05) is 12.8 Å². The maximum Gasteiger partial charge on any atom is 0.142 e. The first-order valence-electron chi connectivity index (χ1n) is 9.95. The minimum Gasteiger partial charge on any atom is -0.308 e. The van der Waals surface area contributed by atoms with Crippen molar-refractivity contribution in [3.8, 4) is 0 Å². The van der Waals surface area contributed by atoms with E-state index in [4.69, 9.17) is 0 Å². The summed E-state index contributed by atoms with van der Waals surface area (Å²) in [5.41, 5.74) is 0. The molecule has 1 saturated carbocycles. The smallest absolute Gasteiger partial charge is 0.142 e. The average molecular weight is 311 g/mol. The van der Waals surface area contributed by atoms with Crippen molar-refractivity contribution in [1.29, 1.82) is 0 Å². The number of fused-ring (bicyclic) bond motifs is 1. The van der Waals surface area contributed by atoms with Crippen molar-refractivity contribution in [2.24, 2.45) is 0 Å². The molecule has 0 spiro atoms. The highest BCUT2D eigenvalue weighted by atomic mass is 15.5. The van der Waals surface area contributed by atoms with Crippen LogP contribution in [0.4, 0.5) is 0 Å². The molecule has 22 heavy (non-hydrogen) atoms. The second-order valence-electron chi connectivity index (χ2n) is 9.23. The van der Waals surface area contributed by atoms with Crippen molar-refractivity contribution in [3.05, 3.63) is 0 Å². The normalized spacial score (nSPS) is 31.1. The third-order valence-electron chi connectivity index (χ3n) is 7.65. The van der Waals surface area contributed by atoms with Crippen LogP contribution in [0.2, 0.25) is 0 Å². The van der Waals surface area contributed by atoms with E-state index in [1.807, 2.05) is 0 Å². The monoisotopic (exact) mass is 310 g/mol. The molecule has 2 nitrogen and oxygen atoms in total. The summed E-state index contributed by atoms with van der Waals surface area (Å²) in [6.07, 6.45) is 5.83. The van der Waals surface area contributed by atoms with Gasteiger partial charge < -0.3 is 8.97 Å². The van der Waals surface area contributed by atoms with Crippen LogP contribution < -0.4 is 0 Å². The number of nitrogens with zero attached hydrogens (tertiary/aromatic N) is 2. The summed E-state index contributed by atoms with van der Waals surface area (Å²) in [4.78, 5) is 0. The molecule has 1 saturated heterocycles. The SMILES string of the molecule is CC(C)[N+]1(C(C)C)CC[N+](C(C)C)(C(C)C)[C@H]2CCCC[C@H]21. The van der Waals surface area contributed by atoms with Crippen LogP contribution in [0.25, 0.3) is 0 Å². The highest BCUT2D eigenvalue weighted by Gasteiger charge is 2.60. The summed E-state index contributed by atoms with van der Waals surface area (Å²) in [7, 11) is 0. The molecule has 1 aliphatic heterocycles. The van der Waals surface area contributed by atoms with Gasteiger partial charge in [0.25, 0.3) is 0 Å². The Morgan fingerprint density at radius 2 is 0.818 bits per heavy atom. The Labute approximate surface area is 140 Å². The Balaban J connectivity index is 2.50. The lowest BCUT2D eigenvalue weighted by molar-refractivity contribution is -1.10. The van der Waals surface area contributed by atoms with Crippen LogP contribution in [-0.2, 0) is 0 Å². The van der Waals surface area contributed by atoms with Gasteiger partial charge in [-0.2, -0.15) is 0 Å². The predicted molar refractivity (Wildman–Crippen MR) is 96.8 cm³/mol. The average Bonchev–Trinajstić information content (AvgIpc) is 2.44. The molecule has 2 fully saturated rings. The molecule has 130 valence electrons. The van der Waals surface area contributed by atoms with Gasteiger partial charge in [0.2, 0.25) is 0 Å². The Morgan fingerprint density at radius 1 is 0.545 bits per heavy atom. The van der Waals surface area contributed by atoms with Crippen LogP contribution in [-0.4, -0.2) is 58.3 Å². The van der Waals surface area contributed by atoms with E-state index in [1.165, 1.54) is 47.7 Å². The number of rotatable bonds is 4. The number of hydrogen-bond acceptors (Lipinski definition) is 0. The zero-order valence-corrected chi connectivity index (χ0v) is 16.6. The molecule has 0 unspecified atom stereocenters. The summed E-state index contributed by atoms with van der Waals surface area (Å²) >= 11 is 0. The van der Waals surface area contributed by atoms with Gasteiger partial charge in [-0.3, -0.25) is 0 Å². The van der Waals surface area contributed by atoms with E-state index in [0.717, 1.165) is 36.3 Å². The minimum absolute atomic E-state index is 0.757. The van der Waals surface area contributed by atoms with Crippen molar-refractivity contribution in [1.82, 2.24) is 0 Å². The van der Waals surface area contributed by atoms with Crippen molar-refractivity contribution >= 4 is 0 Å². The third-order valence-corrected chi connectivity index (χ3v) is 7.65. The second-order valence-corrected chi connectivity index (χ2v) is 9.23. The molecule has 2 heteroatoms. The molecule has 0 N–H and O–H groups in total. The van der Waals surface area contributed by atoms with Crippen molar-refractivity contribution in [2.45, 2.75) is 117 Å². The zero-order valence-electron chi connectivity index (χ0n) is 16.6. The van der Waals surface area contributed by atoms with Gasteiger partial charge in [0.05, 0.1) is 24.2 Å². The van der Waals surface area contributed by atoms with Crippen LogP contribution in [0.3, 0.4) is 0 Å². The molecule has 0 amide bonds. The Morgan fingerprint density at radius 3 is 1.05 bits per heavy atom. The highest BCUT2D eigenvalue weighted by molar-refractivity contribution is 4.85. The lowest BCUT2D eigenvalue weighted by Gasteiger charge is -2.65. The van der Waals surface area contributed by atoms with Crippen LogP contribution in [0.5, 0.6) is 0 Å². The van der Waals surface area contributed by atoms with E-state index in [2.05, 4.69) is 55.4 Å². The van der Waals surface area contributed by atoms with Gasteiger partial charge in [-0.25, -0.2) is 0 Å². The van der Waals surface area contributed by atoms with Gasteiger partial charge in [-0.1, -0.05) is 0 Å². The summed E-state index contributed by atoms with van der Waals surface area (Å²) in [6.45, 7) is 22.6. The molecular weight excluding hydrogens is 268 g/mol. The fourth-order valence-corrected chi connectivity index (χ4v) is 6.65. The number of piperazine rings is 1. The Kier molecular flexibility index (Phi) is 5.34. The highest BCUT2D eigenvalue weighted by Crippen LogP contribution is 2.45. The molecule has 0 aromatic rings. The van der Waals surface area contributed by atoms with E-state index in [9.17, 15) is 0 Å². The molecular formula is C20H42N2+2. The van der Waals surface area contributed by atoms with Crippen LogP contribution >= 0.6 is 0 Å². The lowest BCUT2D eigenvalue weighted by Crippen LogP contribution is -2.82. The molecule has 0 aromatic heterocycles. The largest absolute Gasteiger partial charge is 0.308 e. The van der Waals surface area contributed by atoms with Crippen LogP contribution in [0.1, 0.15) is 81.1 Å². The van der Waals surface area contributed by atoms with E-state index < -0.39 is 0 Å². The lowest BCUT2D eigenvalue weighted by atomic mass is 9.78. The van der Waals surface area contributed by atoms with Gasteiger partial charge in [-0.15, -0.1) is 0 Å². The van der Waals surface area contributed by atoms with Gasteiger partial charge in [-0.05, 0) is 68.2 Å². The second kappa shape index (κ2) is 6.43. The maximum atomic E-state index is 2.48. The number of quaternary nitrogens is 2. The zero-order chi connectivity index (χ0) is 16.7. The molecule has 1 heterocycles.